The Hall–Kier alpha value is -3.20. The van der Waals surface area contributed by atoms with Gasteiger partial charge in [0.1, 0.15) is 11.6 Å². The number of carboxylic acid groups (broad SMARTS) is 1. The normalized spacial score (nSPS) is 18.5. The Balaban J connectivity index is 0.000000262. The smallest absolute Gasteiger partial charge is 0.407 e. The number of hydrogen-bond donors (Lipinski definition) is 2. The van der Waals surface area contributed by atoms with Crippen LogP contribution in [0.1, 0.15) is 54.7 Å². The zero-order valence-corrected chi connectivity index (χ0v) is 25.1. The third kappa shape index (κ3) is 8.90. The first-order valence-corrected chi connectivity index (χ1v) is 14.7. The van der Waals surface area contributed by atoms with E-state index < -0.39 is 6.09 Å². The van der Waals surface area contributed by atoms with Crippen molar-refractivity contribution in [2.24, 2.45) is 5.92 Å². The lowest BCUT2D eigenvalue weighted by molar-refractivity contribution is -0.114. The number of rotatable bonds is 7. The maximum atomic E-state index is 13.8. The standard InChI is InChI=1S/C23H25Cl2FN2O.C9H10FNO2/c1-14(29)27-23-5-3-18(26)12-20(23)15-6-8-28(9-7-15)13-17-10-19(17)16-2-4-21(24)22(25)11-16;1-11(9(12)13)6-7-2-4-8(10)5-3-7/h2-5,11-12,15,17,19H,6-10,13H2,1H3,(H,27,29);2-5H,6H2,1H3,(H,12,13)/t17-,19+;/m0./s1. The molecule has 2 atom stereocenters. The molecule has 2 N–H and O–H groups in total. The highest BCUT2D eigenvalue weighted by Gasteiger charge is 2.40. The first-order valence-electron chi connectivity index (χ1n) is 13.9. The number of carbonyl (C=O) groups is 2. The summed E-state index contributed by atoms with van der Waals surface area (Å²) < 4.78 is 26.3. The van der Waals surface area contributed by atoms with Crippen LogP contribution in [0.2, 0.25) is 10.0 Å². The molecule has 2 fully saturated rings. The second-order valence-corrected chi connectivity index (χ2v) is 11.8. The molecule has 10 heteroatoms. The molecule has 1 heterocycles. The summed E-state index contributed by atoms with van der Waals surface area (Å²) in [5.74, 6) is 0.803. The summed E-state index contributed by atoms with van der Waals surface area (Å²) in [7, 11) is 1.46. The fourth-order valence-corrected chi connectivity index (χ4v) is 5.77. The molecular formula is C32H35Cl2F2N3O3. The van der Waals surface area contributed by atoms with E-state index in [1.807, 2.05) is 12.1 Å². The molecule has 1 saturated carbocycles. The van der Waals surface area contributed by atoms with Gasteiger partial charge in [-0.05, 0) is 109 Å². The van der Waals surface area contributed by atoms with Crippen LogP contribution in [0.15, 0.2) is 60.7 Å². The summed E-state index contributed by atoms with van der Waals surface area (Å²) >= 11 is 12.2. The number of piperidine rings is 1. The number of hydrogen-bond acceptors (Lipinski definition) is 3. The molecule has 3 aromatic rings. The van der Waals surface area contributed by atoms with Gasteiger partial charge in [-0.25, -0.2) is 13.6 Å². The SMILES string of the molecule is CC(=O)Nc1ccc(F)cc1C1CCN(C[C@@H]2C[C@@H]2c2ccc(Cl)c(Cl)c2)CC1.CN(Cc1ccc(F)cc1)C(=O)O. The summed E-state index contributed by atoms with van der Waals surface area (Å²) in [5.41, 5.74) is 3.70. The van der Waals surface area contributed by atoms with Gasteiger partial charge in [-0.1, -0.05) is 41.4 Å². The van der Waals surface area contributed by atoms with Crippen LogP contribution in [0, 0.1) is 17.6 Å². The molecule has 0 unspecified atom stereocenters. The van der Waals surface area contributed by atoms with Crippen LogP contribution in [0.5, 0.6) is 0 Å². The second-order valence-electron chi connectivity index (χ2n) is 11.0. The summed E-state index contributed by atoms with van der Waals surface area (Å²) in [5, 5.41) is 12.6. The molecule has 3 aromatic carbocycles. The fraction of sp³-hybridized carbons (Fsp3) is 0.375. The average Bonchev–Trinajstić information content (AvgIpc) is 3.72. The quantitative estimate of drug-likeness (QED) is 0.282. The number of nitrogens with one attached hydrogen (secondary N) is 1. The highest BCUT2D eigenvalue weighted by molar-refractivity contribution is 6.42. The zero-order valence-electron chi connectivity index (χ0n) is 23.6. The van der Waals surface area contributed by atoms with Gasteiger partial charge in [-0.3, -0.25) is 4.79 Å². The van der Waals surface area contributed by atoms with E-state index in [9.17, 15) is 18.4 Å². The maximum Gasteiger partial charge on any atom is 0.407 e. The Morgan fingerprint density at radius 3 is 2.26 bits per heavy atom. The molecule has 2 amide bonds. The lowest BCUT2D eigenvalue weighted by Crippen LogP contribution is -2.34. The van der Waals surface area contributed by atoms with Crippen molar-refractivity contribution in [1.29, 1.82) is 0 Å². The average molecular weight is 619 g/mol. The summed E-state index contributed by atoms with van der Waals surface area (Å²) in [4.78, 5) is 25.5. The van der Waals surface area contributed by atoms with E-state index in [0.29, 0.717) is 21.9 Å². The van der Waals surface area contributed by atoms with Crippen LogP contribution in [0.4, 0.5) is 19.3 Å². The van der Waals surface area contributed by atoms with Crippen LogP contribution in [-0.2, 0) is 11.3 Å². The van der Waals surface area contributed by atoms with Crippen molar-refractivity contribution in [1.82, 2.24) is 9.80 Å². The fourth-order valence-electron chi connectivity index (χ4n) is 5.46. The van der Waals surface area contributed by atoms with Crippen molar-refractivity contribution in [3.8, 4) is 0 Å². The highest BCUT2D eigenvalue weighted by Crippen LogP contribution is 2.49. The molecule has 0 bridgehead atoms. The number of amides is 2. The van der Waals surface area contributed by atoms with Gasteiger partial charge in [0.2, 0.25) is 5.91 Å². The molecule has 0 aromatic heterocycles. The number of likely N-dealkylation sites (tertiary alicyclic amines) is 1. The third-order valence-corrected chi connectivity index (χ3v) is 8.54. The lowest BCUT2D eigenvalue weighted by atomic mass is 9.88. The minimum Gasteiger partial charge on any atom is -0.465 e. The second kappa shape index (κ2) is 14.3. The topological polar surface area (TPSA) is 72.9 Å². The summed E-state index contributed by atoms with van der Waals surface area (Å²) in [6.07, 6.45) is 2.14. The van der Waals surface area contributed by atoms with Crippen LogP contribution in [0.3, 0.4) is 0 Å². The van der Waals surface area contributed by atoms with E-state index in [2.05, 4.69) is 16.3 Å². The molecule has 1 aliphatic heterocycles. The van der Waals surface area contributed by atoms with Crippen molar-refractivity contribution in [2.45, 2.75) is 44.6 Å². The van der Waals surface area contributed by atoms with Crippen molar-refractivity contribution in [2.75, 3.05) is 32.0 Å². The van der Waals surface area contributed by atoms with Gasteiger partial charge in [-0.2, -0.15) is 0 Å². The van der Waals surface area contributed by atoms with Gasteiger partial charge in [0.05, 0.1) is 10.0 Å². The van der Waals surface area contributed by atoms with E-state index in [1.54, 1.807) is 24.3 Å². The monoisotopic (exact) mass is 617 g/mol. The van der Waals surface area contributed by atoms with Crippen LogP contribution in [0.25, 0.3) is 0 Å². The van der Waals surface area contributed by atoms with Crippen molar-refractivity contribution < 1.29 is 23.5 Å². The first-order chi connectivity index (χ1) is 20.0. The number of anilines is 1. The number of carbonyl (C=O) groups excluding carboxylic acids is 1. The largest absolute Gasteiger partial charge is 0.465 e. The molecule has 6 nitrogen and oxygen atoms in total. The first kappa shape index (κ1) is 31.7. The Morgan fingerprint density at radius 2 is 1.64 bits per heavy atom. The molecule has 2 aliphatic rings. The van der Waals surface area contributed by atoms with Crippen LogP contribution < -0.4 is 5.32 Å². The van der Waals surface area contributed by atoms with Gasteiger partial charge in [-0.15, -0.1) is 0 Å². The van der Waals surface area contributed by atoms with E-state index in [-0.39, 0.29) is 30.0 Å². The summed E-state index contributed by atoms with van der Waals surface area (Å²) in [6, 6.07) is 16.4. The van der Waals surface area contributed by atoms with Gasteiger partial charge < -0.3 is 20.2 Å². The minimum absolute atomic E-state index is 0.127. The van der Waals surface area contributed by atoms with Gasteiger partial charge in [0.15, 0.2) is 0 Å². The maximum absolute atomic E-state index is 13.8. The van der Waals surface area contributed by atoms with Crippen LogP contribution >= 0.6 is 23.2 Å². The van der Waals surface area contributed by atoms with Crippen molar-refractivity contribution in [3.05, 3.63) is 99.0 Å². The molecular weight excluding hydrogens is 583 g/mol. The molecule has 0 radical (unpaired) electrons. The Morgan fingerprint density at radius 1 is 0.976 bits per heavy atom. The van der Waals surface area contributed by atoms with Gasteiger partial charge in [0.25, 0.3) is 0 Å². The third-order valence-electron chi connectivity index (χ3n) is 7.80. The van der Waals surface area contributed by atoms with Crippen LogP contribution in [-0.4, -0.2) is 53.6 Å². The predicted octanol–water partition coefficient (Wildman–Crippen LogP) is 8.01. The number of nitrogens with zero attached hydrogens (tertiary/aromatic N) is 2. The predicted molar refractivity (Wildman–Crippen MR) is 162 cm³/mol. The van der Waals surface area contributed by atoms with Gasteiger partial charge >= 0.3 is 6.09 Å². The van der Waals surface area contributed by atoms with E-state index in [1.165, 1.54) is 44.2 Å². The Kier molecular flexibility index (Phi) is 10.8. The molecule has 224 valence electrons. The number of halogens is 4. The highest BCUT2D eigenvalue weighted by atomic mass is 35.5. The van der Waals surface area contributed by atoms with Crippen molar-refractivity contribution in [3.63, 3.8) is 0 Å². The van der Waals surface area contributed by atoms with E-state index in [4.69, 9.17) is 28.3 Å². The zero-order chi connectivity index (χ0) is 30.4. The van der Waals surface area contributed by atoms with E-state index in [0.717, 1.165) is 54.2 Å². The Bertz CT molecular complexity index is 1400. The number of benzene rings is 3. The molecule has 0 spiro atoms. The lowest BCUT2D eigenvalue weighted by Gasteiger charge is -2.33. The Labute approximate surface area is 255 Å². The van der Waals surface area contributed by atoms with Crippen molar-refractivity contribution >= 4 is 40.9 Å². The molecule has 1 saturated heterocycles. The van der Waals surface area contributed by atoms with E-state index >= 15 is 0 Å². The molecule has 1 aliphatic carbocycles. The summed E-state index contributed by atoms with van der Waals surface area (Å²) in [6.45, 7) is 4.82. The molecule has 5 rings (SSSR count). The minimum atomic E-state index is -0.996. The van der Waals surface area contributed by atoms with Gasteiger partial charge in [0, 0.05) is 32.7 Å². The molecule has 42 heavy (non-hydrogen) atoms.